The number of hydrogen-bond donors (Lipinski definition) is 3. The summed E-state index contributed by atoms with van der Waals surface area (Å²) in [6.45, 7) is 1.65. The molecule has 0 aliphatic carbocycles. The second-order valence-corrected chi connectivity index (χ2v) is 6.64. The first kappa shape index (κ1) is 16.4. The van der Waals surface area contributed by atoms with Crippen LogP contribution in [0.2, 0.25) is 0 Å². The van der Waals surface area contributed by atoms with Gasteiger partial charge in [-0.25, -0.2) is 9.48 Å². The van der Waals surface area contributed by atoms with Gasteiger partial charge in [0.15, 0.2) is 5.82 Å². The summed E-state index contributed by atoms with van der Waals surface area (Å²) in [5, 5.41) is 10.3. The van der Waals surface area contributed by atoms with Crippen LogP contribution in [0.5, 0.6) is 0 Å². The van der Waals surface area contributed by atoms with Crippen molar-refractivity contribution in [1.82, 2.24) is 20.0 Å². The number of anilines is 2. The first-order valence-electron chi connectivity index (χ1n) is 8.80. The molecule has 4 rings (SSSR count). The Bertz CT molecular complexity index is 875. The fourth-order valence-corrected chi connectivity index (χ4v) is 3.83. The number of para-hydroxylation sites is 1. The maximum absolute atomic E-state index is 13.2. The number of amides is 2. The average Bonchev–Trinajstić information content (AvgIpc) is 3.02. The largest absolute Gasteiger partial charge is 0.385 e. The number of urea groups is 1. The fraction of sp³-hybridized carbons (Fsp3) is 0.389. The molecule has 1 unspecified atom stereocenters. The quantitative estimate of drug-likeness (QED) is 0.718. The molecule has 0 fully saturated rings. The molecule has 1 atom stereocenters. The molecule has 4 N–H and O–H groups in total. The Kier molecular flexibility index (Phi) is 4.02. The van der Waals surface area contributed by atoms with Gasteiger partial charge < -0.3 is 21.3 Å². The molecule has 26 heavy (non-hydrogen) atoms. The van der Waals surface area contributed by atoms with E-state index in [0.717, 1.165) is 35.5 Å². The Morgan fingerprint density at radius 3 is 2.96 bits per heavy atom. The lowest BCUT2D eigenvalue weighted by Crippen LogP contribution is -2.42. The third-order valence-electron chi connectivity index (χ3n) is 5.18. The summed E-state index contributed by atoms with van der Waals surface area (Å²) < 4.78 is 1.47. The molecule has 2 aliphatic rings. The van der Waals surface area contributed by atoms with Crippen molar-refractivity contribution in [3.8, 4) is 0 Å². The SMILES string of the molecule is CNC(=O)N1CCc2c(c(N)nn2C(=O)C2CCNc3ccccc32)C1. The van der Waals surface area contributed by atoms with Gasteiger partial charge in [-0.2, -0.15) is 0 Å². The van der Waals surface area contributed by atoms with Gasteiger partial charge in [0.2, 0.25) is 0 Å². The third-order valence-corrected chi connectivity index (χ3v) is 5.18. The van der Waals surface area contributed by atoms with Crippen molar-refractivity contribution in [2.45, 2.75) is 25.3 Å². The number of rotatable bonds is 1. The van der Waals surface area contributed by atoms with E-state index >= 15 is 0 Å². The van der Waals surface area contributed by atoms with Crippen molar-refractivity contribution in [1.29, 1.82) is 0 Å². The number of hydrogen-bond acceptors (Lipinski definition) is 5. The summed E-state index contributed by atoms with van der Waals surface area (Å²) in [7, 11) is 1.60. The zero-order valence-electron chi connectivity index (χ0n) is 14.7. The van der Waals surface area contributed by atoms with E-state index in [4.69, 9.17) is 5.73 Å². The van der Waals surface area contributed by atoms with Crippen molar-refractivity contribution in [2.75, 3.05) is 31.2 Å². The molecule has 1 aromatic carbocycles. The van der Waals surface area contributed by atoms with Crippen LogP contribution in [-0.4, -0.2) is 46.8 Å². The normalized spacial score (nSPS) is 18.5. The van der Waals surface area contributed by atoms with Gasteiger partial charge in [-0.1, -0.05) is 18.2 Å². The van der Waals surface area contributed by atoms with E-state index in [9.17, 15) is 9.59 Å². The van der Waals surface area contributed by atoms with Crippen LogP contribution in [0.3, 0.4) is 0 Å². The molecule has 0 bridgehead atoms. The van der Waals surface area contributed by atoms with Crippen molar-refractivity contribution in [3.05, 3.63) is 41.1 Å². The highest BCUT2D eigenvalue weighted by molar-refractivity contribution is 5.89. The number of nitrogens with one attached hydrogen (secondary N) is 2. The highest BCUT2D eigenvalue weighted by Crippen LogP contribution is 2.34. The van der Waals surface area contributed by atoms with Crippen molar-refractivity contribution in [3.63, 3.8) is 0 Å². The molecule has 1 aromatic heterocycles. The van der Waals surface area contributed by atoms with Gasteiger partial charge in [0.05, 0.1) is 18.2 Å². The summed E-state index contributed by atoms with van der Waals surface area (Å²) in [4.78, 5) is 26.8. The molecular weight excluding hydrogens is 332 g/mol. The molecule has 0 saturated carbocycles. The monoisotopic (exact) mass is 354 g/mol. The molecule has 2 amide bonds. The molecule has 2 aromatic rings. The third kappa shape index (κ3) is 2.58. The number of nitrogen functional groups attached to an aromatic ring is 1. The maximum Gasteiger partial charge on any atom is 0.317 e. The van der Waals surface area contributed by atoms with E-state index < -0.39 is 0 Å². The van der Waals surface area contributed by atoms with Crippen LogP contribution in [0.15, 0.2) is 24.3 Å². The predicted octanol–water partition coefficient (Wildman–Crippen LogP) is 1.40. The van der Waals surface area contributed by atoms with Crippen LogP contribution in [0, 0.1) is 0 Å². The Labute approximate surface area is 151 Å². The van der Waals surface area contributed by atoms with E-state index in [1.165, 1.54) is 4.68 Å². The summed E-state index contributed by atoms with van der Waals surface area (Å²) >= 11 is 0. The first-order chi connectivity index (χ1) is 12.6. The van der Waals surface area contributed by atoms with E-state index in [1.54, 1.807) is 11.9 Å². The lowest BCUT2D eigenvalue weighted by molar-refractivity contribution is 0.0851. The highest BCUT2D eigenvalue weighted by Gasteiger charge is 2.33. The molecule has 2 aliphatic heterocycles. The molecule has 8 heteroatoms. The topological polar surface area (TPSA) is 105 Å². The second kappa shape index (κ2) is 6.36. The molecule has 0 radical (unpaired) electrons. The van der Waals surface area contributed by atoms with Crippen LogP contribution in [0.4, 0.5) is 16.3 Å². The first-order valence-corrected chi connectivity index (χ1v) is 8.80. The van der Waals surface area contributed by atoms with Crippen LogP contribution < -0.4 is 16.4 Å². The van der Waals surface area contributed by atoms with E-state index in [2.05, 4.69) is 15.7 Å². The van der Waals surface area contributed by atoms with Gasteiger partial charge in [-0.15, -0.1) is 5.10 Å². The Morgan fingerprint density at radius 1 is 1.35 bits per heavy atom. The number of carbonyl (C=O) groups is 2. The zero-order chi connectivity index (χ0) is 18.3. The molecular formula is C18H22N6O2. The number of aromatic nitrogens is 2. The van der Waals surface area contributed by atoms with Crippen LogP contribution >= 0.6 is 0 Å². The molecule has 8 nitrogen and oxygen atoms in total. The Hall–Kier alpha value is -3.03. The van der Waals surface area contributed by atoms with Crippen LogP contribution in [-0.2, 0) is 13.0 Å². The fourth-order valence-electron chi connectivity index (χ4n) is 3.83. The van der Waals surface area contributed by atoms with E-state index in [0.29, 0.717) is 25.3 Å². The van der Waals surface area contributed by atoms with Gasteiger partial charge in [0.25, 0.3) is 5.91 Å². The molecule has 3 heterocycles. The summed E-state index contributed by atoms with van der Waals surface area (Å²) in [5.41, 5.74) is 9.66. The molecule has 136 valence electrons. The number of nitrogens with zero attached hydrogens (tertiary/aromatic N) is 3. The molecule has 0 spiro atoms. The Balaban J connectivity index is 1.66. The number of fused-ring (bicyclic) bond motifs is 2. The van der Waals surface area contributed by atoms with E-state index in [-0.39, 0.29) is 17.9 Å². The predicted molar refractivity (Wildman–Crippen MR) is 98.1 cm³/mol. The van der Waals surface area contributed by atoms with E-state index in [1.807, 2.05) is 24.3 Å². The van der Waals surface area contributed by atoms with Crippen LogP contribution in [0.25, 0.3) is 0 Å². The van der Waals surface area contributed by atoms with Crippen molar-refractivity contribution < 1.29 is 9.59 Å². The second-order valence-electron chi connectivity index (χ2n) is 6.64. The summed E-state index contributed by atoms with van der Waals surface area (Å²) in [6.07, 6.45) is 1.28. The van der Waals surface area contributed by atoms with Crippen LogP contribution in [0.1, 0.15) is 34.0 Å². The summed E-state index contributed by atoms with van der Waals surface area (Å²) in [6, 6.07) is 7.72. The van der Waals surface area contributed by atoms with Gasteiger partial charge in [-0.3, -0.25) is 4.79 Å². The van der Waals surface area contributed by atoms with Gasteiger partial charge in [-0.05, 0) is 18.1 Å². The number of carbonyl (C=O) groups excluding carboxylic acids is 2. The number of benzene rings is 1. The van der Waals surface area contributed by atoms with Crippen molar-refractivity contribution in [2.24, 2.45) is 0 Å². The zero-order valence-corrected chi connectivity index (χ0v) is 14.7. The van der Waals surface area contributed by atoms with Gasteiger partial charge in [0.1, 0.15) is 0 Å². The number of nitrogens with two attached hydrogens (primary N) is 1. The minimum atomic E-state index is -0.243. The minimum Gasteiger partial charge on any atom is -0.385 e. The standard InChI is InChI=1S/C18H22N6O2/c1-20-18(26)23-9-7-15-13(10-23)16(19)22-24(15)17(25)12-6-8-21-14-5-3-2-4-11(12)14/h2-5,12,21H,6-10H2,1H3,(H2,19,22)(H,20,26). The van der Waals surface area contributed by atoms with Gasteiger partial charge >= 0.3 is 6.03 Å². The van der Waals surface area contributed by atoms with Gasteiger partial charge in [0, 0.05) is 37.8 Å². The maximum atomic E-state index is 13.2. The molecule has 0 saturated heterocycles. The minimum absolute atomic E-state index is 0.0553. The smallest absolute Gasteiger partial charge is 0.317 e. The lowest BCUT2D eigenvalue weighted by Gasteiger charge is -2.28. The lowest BCUT2D eigenvalue weighted by atomic mass is 9.90. The average molecular weight is 354 g/mol. The van der Waals surface area contributed by atoms with Crippen molar-refractivity contribution >= 4 is 23.4 Å². The Morgan fingerprint density at radius 2 is 2.15 bits per heavy atom. The summed E-state index contributed by atoms with van der Waals surface area (Å²) in [5.74, 6) is 0.0253. The highest BCUT2D eigenvalue weighted by atomic mass is 16.2.